The second-order valence-electron chi connectivity index (χ2n) is 7.73. The maximum absolute atomic E-state index is 13.9. The third kappa shape index (κ3) is 5.10. The fraction of sp³-hybridized carbons (Fsp3) is 0.348. The fourth-order valence-electron chi connectivity index (χ4n) is 3.71. The molecule has 1 saturated heterocycles. The first-order valence-corrected chi connectivity index (χ1v) is 10.6. The van der Waals surface area contributed by atoms with E-state index in [1.165, 1.54) is 36.4 Å². The van der Waals surface area contributed by atoms with Gasteiger partial charge in [-0.15, -0.1) is 0 Å². The van der Waals surface area contributed by atoms with Crippen molar-refractivity contribution in [2.45, 2.75) is 32.1 Å². The molecule has 0 unspecified atom stereocenters. The first kappa shape index (κ1) is 22.6. The maximum Gasteiger partial charge on any atom is 0.374 e. The van der Waals surface area contributed by atoms with E-state index < -0.39 is 23.6 Å². The number of nitrogens with zero attached hydrogens (tertiary/aromatic N) is 2. The summed E-state index contributed by atoms with van der Waals surface area (Å²) in [6.07, 6.45) is -0.410. The van der Waals surface area contributed by atoms with Gasteiger partial charge < -0.3 is 14.1 Å². The van der Waals surface area contributed by atoms with Crippen molar-refractivity contribution >= 4 is 34.5 Å². The lowest BCUT2D eigenvalue weighted by molar-refractivity contribution is -0.0102. The van der Waals surface area contributed by atoms with Gasteiger partial charge in [-0.2, -0.15) is 0 Å². The van der Waals surface area contributed by atoms with Crippen LogP contribution in [0.15, 0.2) is 40.8 Å². The van der Waals surface area contributed by atoms with Crippen LogP contribution >= 0.6 is 0 Å². The average Bonchev–Trinajstić information content (AvgIpc) is 3.15. The Labute approximate surface area is 187 Å². The monoisotopic (exact) mass is 461 g/mol. The number of pyridine rings is 1. The number of aromatic nitrogens is 1. The lowest BCUT2D eigenvalue weighted by atomic mass is 10.1. The van der Waals surface area contributed by atoms with Crippen LogP contribution in [0.1, 0.15) is 47.1 Å². The maximum atomic E-state index is 13.9. The second kappa shape index (κ2) is 9.13. The highest BCUT2D eigenvalue weighted by atomic mass is 19.3. The fourth-order valence-corrected chi connectivity index (χ4v) is 3.71. The summed E-state index contributed by atoms with van der Waals surface area (Å²) in [5.41, 5.74) is 0.425. The smallest absolute Gasteiger partial charge is 0.374 e. The Morgan fingerprint density at radius 1 is 1.18 bits per heavy atom. The van der Waals surface area contributed by atoms with Crippen molar-refractivity contribution < 1.29 is 31.9 Å². The van der Waals surface area contributed by atoms with E-state index in [4.69, 9.17) is 9.15 Å². The molecule has 33 heavy (non-hydrogen) atoms. The normalized spacial score (nSPS) is 15.8. The Bertz CT molecular complexity index is 1190. The van der Waals surface area contributed by atoms with Crippen molar-refractivity contribution in [1.82, 2.24) is 4.98 Å². The minimum atomic E-state index is -2.79. The van der Waals surface area contributed by atoms with Gasteiger partial charge in [-0.25, -0.2) is 22.9 Å². The van der Waals surface area contributed by atoms with Gasteiger partial charge in [0.15, 0.2) is 0 Å². The Morgan fingerprint density at radius 3 is 2.79 bits per heavy atom. The van der Waals surface area contributed by atoms with Crippen LogP contribution in [-0.2, 0) is 4.74 Å². The lowest BCUT2D eigenvalue weighted by Gasteiger charge is -2.24. The van der Waals surface area contributed by atoms with Gasteiger partial charge >= 0.3 is 5.97 Å². The summed E-state index contributed by atoms with van der Waals surface area (Å²) in [6.45, 7) is 2.09. The number of esters is 1. The highest BCUT2D eigenvalue weighted by molar-refractivity contribution is 6.09. The number of rotatable bonds is 5. The first-order valence-electron chi connectivity index (χ1n) is 10.6. The highest BCUT2D eigenvalue weighted by Gasteiger charge is 2.33. The van der Waals surface area contributed by atoms with Crippen molar-refractivity contribution in [3.63, 3.8) is 0 Å². The van der Waals surface area contributed by atoms with Crippen molar-refractivity contribution in [1.29, 1.82) is 0 Å². The summed E-state index contributed by atoms with van der Waals surface area (Å²) in [4.78, 5) is 31.0. The Hall–Kier alpha value is -3.56. The zero-order valence-electron chi connectivity index (χ0n) is 17.9. The number of amides is 1. The first-order chi connectivity index (χ1) is 15.8. The van der Waals surface area contributed by atoms with E-state index in [2.05, 4.69) is 10.3 Å². The number of carbonyl (C=O) groups is 2. The van der Waals surface area contributed by atoms with Gasteiger partial charge in [-0.3, -0.25) is 10.1 Å². The SMILES string of the molecule is CCOC(=O)c1ccc(NC(=O)c2cc3ccc(F)cc3nc2N2CCCC(F)(F)CC2)o1. The van der Waals surface area contributed by atoms with Crippen LogP contribution in [0.5, 0.6) is 0 Å². The molecule has 4 rings (SSSR count). The number of hydrogen-bond donors (Lipinski definition) is 1. The molecule has 0 saturated carbocycles. The van der Waals surface area contributed by atoms with Crippen LogP contribution in [-0.4, -0.2) is 42.5 Å². The molecule has 0 bridgehead atoms. The third-order valence-electron chi connectivity index (χ3n) is 5.34. The zero-order valence-corrected chi connectivity index (χ0v) is 17.9. The number of halogens is 3. The van der Waals surface area contributed by atoms with Gasteiger partial charge in [0.25, 0.3) is 5.91 Å². The van der Waals surface area contributed by atoms with Crippen LogP contribution in [0, 0.1) is 5.82 Å². The van der Waals surface area contributed by atoms with Crippen LogP contribution in [0.2, 0.25) is 0 Å². The summed E-state index contributed by atoms with van der Waals surface area (Å²) in [5.74, 6) is -4.45. The molecule has 3 heterocycles. The molecule has 2 aromatic heterocycles. The van der Waals surface area contributed by atoms with E-state index in [9.17, 15) is 22.8 Å². The van der Waals surface area contributed by atoms with Crippen LogP contribution < -0.4 is 10.2 Å². The lowest BCUT2D eigenvalue weighted by Crippen LogP contribution is -2.29. The molecule has 1 amide bonds. The summed E-state index contributed by atoms with van der Waals surface area (Å²) < 4.78 is 51.8. The Morgan fingerprint density at radius 2 is 2.00 bits per heavy atom. The van der Waals surface area contributed by atoms with Gasteiger partial charge in [-0.1, -0.05) is 0 Å². The highest BCUT2D eigenvalue weighted by Crippen LogP contribution is 2.32. The minimum absolute atomic E-state index is 0.00510. The number of alkyl halides is 2. The second-order valence-corrected chi connectivity index (χ2v) is 7.73. The Balaban J connectivity index is 1.68. The molecule has 10 heteroatoms. The summed E-state index contributed by atoms with van der Waals surface area (Å²) in [6, 6.07) is 8.26. The molecule has 7 nitrogen and oxygen atoms in total. The molecular formula is C23H22F3N3O4. The van der Waals surface area contributed by atoms with Gasteiger partial charge in [0.05, 0.1) is 17.7 Å². The number of nitrogens with one attached hydrogen (secondary N) is 1. The number of benzene rings is 1. The Kier molecular flexibility index (Phi) is 6.26. The molecule has 0 spiro atoms. The van der Waals surface area contributed by atoms with Crippen molar-refractivity contribution in [2.24, 2.45) is 0 Å². The van der Waals surface area contributed by atoms with Crippen LogP contribution in [0.3, 0.4) is 0 Å². The molecule has 0 radical (unpaired) electrons. The van der Waals surface area contributed by atoms with E-state index in [1.54, 1.807) is 11.8 Å². The van der Waals surface area contributed by atoms with E-state index >= 15 is 0 Å². The third-order valence-corrected chi connectivity index (χ3v) is 5.34. The van der Waals surface area contributed by atoms with Gasteiger partial charge in [0, 0.05) is 43.5 Å². The van der Waals surface area contributed by atoms with Crippen LogP contribution in [0.4, 0.5) is 24.9 Å². The summed E-state index contributed by atoms with van der Waals surface area (Å²) in [5, 5.41) is 3.07. The largest absolute Gasteiger partial charge is 0.460 e. The molecule has 3 aromatic rings. The molecule has 0 atom stereocenters. The van der Waals surface area contributed by atoms with Crippen molar-refractivity contribution in [2.75, 3.05) is 29.9 Å². The minimum Gasteiger partial charge on any atom is -0.460 e. The van der Waals surface area contributed by atoms with Gasteiger partial charge in [0.2, 0.25) is 17.6 Å². The topological polar surface area (TPSA) is 84.7 Å². The van der Waals surface area contributed by atoms with E-state index in [0.717, 1.165) is 0 Å². The molecule has 1 aromatic carbocycles. The molecule has 1 aliphatic heterocycles. The van der Waals surface area contributed by atoms with E-state index in [-0.39, 0.29) is 62.0 Å². The predicted octanol–water partition coefficient (Wildman–Crippen LogP) is 5.02. The summed E-state index contributed by atoms with van der Waals surface area (Å²) in [7, 11) is 0. The number of carbonyl (C=O) groups excluding carboxylic acids is 2. The van der Waals surface area contributed by atoms with Gasteiger partial charge in [0.1, 0.15) is 11.6 Å². The molecule has 0 aliphatic carbocycles. The van der Waals surface area contributed by atoms with E-state index in [0.29, 0.717) is 10.9 Å². The number of furan rings is 1. The molecule has 1 fully saturated rings. The zero-order chi connectivity index (χ0) is 23.6. The van der Waals surface area contributed by atoms with Crippen molar-refractivity contribution in [3.8, 4) is 0 Å². The molecule has 1 N–H and O–H groups in total. The molecule has 1 aliphatic rings. The molecule has 174 valence electrons. The van der Waals surface area contributed by atoms with Crippen molar-refractivity contribution in [3.05, 3.63) is 53.5 Å². The summed E-state index contributed by atoms with van der Waals surface area (Å²) >= 11 is 0. The van der Waals surface area contributed by atoms with Crippen LogP contribution in [0.25, 0.3) is 10.9 Å². The molecular weight excluding hydrogens is 439 g/mol. The van der Waals surface area contributed by atoms with E-state index in [1.807, 2.05) is 0 Å². The quantitative estimate of drug-likeness (QED) is 0.537. The predicted molar refractivity (Wildman–Crippen MR) is 115 cm³/mol. The number of fused-ring (bicyclic) bond motifs is 1. The number of hydrogen-bond acceptors (Lipinski definition) is 6. The average molecular weight is 461 g/mol. The number of anilines is 2. The number of ether oxygens (including phenoxy) is 1. The van der Waals surface area contributed by atoms with Gasteiger partial charge in [-0.05, 0) is 37.6 Å². The standard InChI is InChI=1S/C23H22F3N3O4/c1-2-32-22(31)18-6-7-19(33-18)28-21(30)16-12-14-4-5-15(24)13-17(14)27-20(16)29-10-3-8-23(25,26)9-11-29/h4-7,12-13H,2-3,8-11H2,1H3,(H,28,30).